The summed E-state index contributed by atoms with van der Waals surface area (Å²) in [5.41, 5.74) is 6.91. The van der Waals surface area contributed by atoms with Crippen LogP contribution < -0.4 is 16.4 Å². The minimum atomic E-state index is -0.807. The van der Waals surface area contributed by atoms with Gasteiger partial charge in [0.2, 0.25) is 5.91 Å². The largest absolute Gasteiger partial charge is 0.461 e. The number of esters is 1. The number of primary amides is 1. The highest BCUT2D eigenvalue weighted by molar-refractivity contribution is 5.92. The van der Waals surface area contributed by atoms with Gasteiger partial charge in [-0.3, -0.25) is 24.0 Å². The Balaban J connectivity index is 0. The van der Waals surface area contributed by atoms with Gasteiger partial charge in [0, 0.05) is 51.0 Å². The Morgan fingerprint density at radius 3 is 1.77 bits per heavy atom. The second-order valence-corrected chi connectivity index (χ2v) is 16.9. The zero-order valence-corrected chi connectivity index (χ0v) is 33.0. The summed E-state index contributed by atoms with van der Waals surface area (Å²) in [4.78, 5) is 75.3. The van der Waals surface area contributed by atoms with Gasteiger partial charge in [-0.2, -0.15) is 0 Å². The molecule has 53 heavy (non-hydrogen) atoms. The van der Waals surface area contributed by atoms with E-state index in [1.807, 2.05) is 13.8 Å². The van der Waals surface area contributed by atoms with Crippen LogP contribution in [-0.4, -0.2) is 47.8 Å². The molecule has 0 aliphatic rings. The lowest BCUT2D eigenvalue weighted by molar-refractivity contribution is -0.142. The number of ketones is 3. The van der Waals surface area contributed by atoms with Crippen molar-refractivity contribution >= 4 is 35.3 Å². The second-order valence-electron chi connectivity index (χ2n) is 16.9. The number of nitrogens with two attached hydrogens (primary N) is 1. The molecule has 0 saturated carbocycles. The molecule has 0 radical (unpaired) electrons. The summed E-state index contributed by atoms with van der Waals surface area (Å²) < 4.78 is 5.02. The van der Waals surface area contributed by atoms with Gasteiger partial charge in [0.15, 0.2) is 5.78 Å². The Morgan fingerprint density at radius 1 is 0.755 bits per heavy atom. The number of hydrogen-bond acceptors (Lipinski definition) is 7. The fraction of sp³-hybridized carbons (Fsp3) is 0.721. The van der Waals surface area contributed by atoms with Gasteiger partial charge in [-0.15, -0.1) is 0 Å². The first kappa shape index (κ1) is 51.5. The number of ether oxygens (including phenoxy) is 1. The van der Waals surface area contributed by atoms with Crippen LogP contribution in [0.25, 0.3) is 0 Å². The number of nitrogens with one attached hydrogen (secondary N) is 2. The number of hydrogen-bond donors (Lipinski definition) is 3. The van der Waals surface area contributed by atoms with E-state index in [0.717, 1.165) is 43.2 Å². The molecule has 3 amide bonds. The molecule has 0 fully saturated rings. The molecule has 0 aromatic heterocycles. The predicted octanol–water partition coefficient (Wildman–Crippen LogP) is 8.70. The maximum Gasteiger partial charge on any atom is 0.312 e. The fourth-order valence-corrected chi connectivity index (χ4v) is 6.31. The van der Waals surface area contributed by atoms with Gasteiger partial charge in [0.05, 0.1) is 6.04 Å². The van der Waals surface area contributed by atoms with Crippen molar-refractivity contribution < 1.29 is 33.5 Å². The normalized spacial score (nSPS) is 12.6. The van der Waals surface area contributed by atoms with E-state index in [1.165, 1.54) is 6.92 Å². The summed E-state index contributed by atoms with van der Waals surface area (Å²) in [6.07, 6.45) is 6.86. The van der Waals surface area contributed by atoms with Crippen molar-refractivity contribution in [2.45, 2.75) is 167 Å². The topological polar surface area (TPSA) is 162 Å². The SMILES string of the molecule is C.C.CC(=O)OCc1ccc(CC(=O)[C@H](CCCNC(N)=O)NC(=O)[C@@H](CC(=O)CCCCCCC(=O)C(CC(C)(C)C)CC(C)(C)C)C(C)C)cc1. The molecule has 2 atom stereocenters. The maximum atomic E-state index is 13.5. The monoisotopic (exact) mass is 746 g/mol. The van der Waals surface area contributed by atoms with Crippen LogP contribution in [0.2, 0.25) is 0 Å². The summed E-state index contributed by atoms with van der Waals surface area (Å²) >= 11 is 0. The van der Waals surface area contributed by atoms with Gasteiger partial charge >= 0.3 is 12.0 Å². The molecule has 0 heterocycles. The zero-order chi connectivity index (χ0) is 38.8. The molecular weight excluding hydrogens is 670 g/mol. The lowest BCUT2D eigenvalue weighted by Crippen LogP contribution is -2.46. The first-order valence-corrected chi connectivity index (χ1v) is 18.8. The summed E-state index contributed by atoms with van der Waals surface area (Å²) in [6, 6.07) is 5.67. The van der Waals surface area contributed by atoms with Crippen molar-refractivity contribution in [3.8, 4) is 0 Å². The zero-order valence-electron chi connectivity index (χ0n) is 33.0. The third kappa shape index (κ3) is 24.4. The van der Waals surface area contributed by atoms with Crippen molar-refractivity contribution in [3.05, 3.63) is 35.4 Å². The van der Waals surface area contributed by atoms with Crippen molar-refractivity contribution in [2.24, 2.45) is 34.3 Å². The predicted molar refractivity (Wildman–Crippen MR) is 215 cm³/mol. The third-order valence-corrected chi connectivity index (χ3v) is 8.91. The van der Waals surface area contributed by atoms with Gasteiger partial charge in [0.25, 0.3) is 0 Å². The first-order valence-electron chi connectivity index (χ1n) is 18.8. The van der Waals surface area contributed by atoms with Gasteiger partial charge in [0.1, 0.15) is 18.2 Å². The summed E-state index contributed by atoms with van der Waals surface area (Å²) in [7, 11) is 0. The Hall–Kier alpha value is -3.56. The molecule has 1 rings (SSSR count). The Morgan fingerprint density at radius 2 is 1.28 bits per heavy atom. The minimum absolute atomic E-state index is 0. The lowest BCUT2D eigenvalue weighted by atomic mass is 9.74. The molecule has 0 aliphatic heterocycles. The standard InChI is InChI=1S/C41H67N3O7.2CH4/c1-28(2)34(24-33(46)15-12-10-11-13-17-36(47)32(25-40(4,5)6)26-41(7,8)9)38(49)44-35(16-14-22-43-39(42)50)37(48)23-30-18-20-31(21-19-30)27-51-29(3)45;;/h18-21,28,32,34-35H,10-17,22-27H2,1-9H3,(H,44,49)(H3,42,43,50);2*1H4/t34-,35-;;/m0../s1. The van der Waals surface area contributed by atoms with Crippen molar-refractivity contribution in [1.82, 2.24) is 10.6 Å². The van der Waals surface area contributed by atoms with E-state index in [0.29, 0.717) is 37.9 Å². The van der Waals surface area contributed by atoms with Crippen LogP contribution >= 0.6 is 0 Å². The first-order chi connectivity index (χ1) is 23.7. The number of carbonyl (C=O) groups is 6. The molecule has 4 N–H and O–H groups in total. The summed E-state index contributed by atoms with van der Waals surface area (Å²) in [5, 5.41) is 5.43. The van der Waals surface area contributed by atoms with Crippen LogP contribution in [0.1, 0.15) is 159 Å². The molecule has 0 saturated heterocycles. The van der Waals surface area contributed by atoms with E-state index in [4.69, 9.17) is 10.5 Å². The molecule has 304 valence electrons. The van der Waals surface area contributed by atoms with E-state index in [9.17, 15) is 28.8 Å². The van der Waals surface area contributed by atoms with Crippen LogP contribution in [0.5, 0.6) is 0 Å². The van der Waals surface area contributed by atoms with Gasteiger partial charge in [-0.25, -0.2) is 4.79 Å². The molecule has 0 spiro atoms. The minimum Gasteiger partial charge on any atom is -0.461 e. The molecular formula is C43H75N3O7. The molecule has 0 aliphatic carbocycles. The van der Waals surface area contributed by atoms with E-state index >= 15 is 0 Å². The molecule has 0 unspecified atom stereocenters. The summed E-state index contributed by atoms with van der Waals surface area (Å²) in [6.45, 7) is 18.6. The Labute approximate surface area is 321 Å². The van der Waals surface area contributed by atoms with Crippen LogP contribution in [0.15, 0.2) is 24.3 Å². The van der Waals surface area contributed by atoms with Gasteiger partial charge in [-0.05, 0) is 66.4 Å². The summed E-state index contributed by atoms with van der Waals surface area (Å²) in [5.74, 6) is -1.19. The van der Waals surface area contributed by atoms with Gasteiger partial charge < -0.3 is 21.1 Å². The number of amides is 3. The van der Waals surface area contributed by atoms with Gasteiger partial charge in [-0.1, -0.05) is 107 Å². The van der Waals surface area contributed by atoms with E-state index in [1.54, 1.807) is 24.3 Å². The van der Waals surface area contributed by atoms with Crippen LogP contribution in [-0.2, 0) is 41.7 Å². The number of rotatable bonds is 24. The highest BCUT2D eigenvalue weighted by atomic mass is 16.5. The third-order valence-electron chi connectivity index (χ3n) is 8.91. The van der Waals surface area contributed by atoms with Crippen LogP contribution in [0.3, 0.4) is 0 Å². The molecule has 0 bridgehead atoms. The second kappa shape index (κ2) is 25.5. The number of urea groups is 1. The quantitative estimate of drug-likeness (QED) is 0.0704. The number of unbranched alkanes of at least 4 members (excludes halogenated alkanes) is 3. The highest BCUT2D eigenvalue weighted by Gasteiger charge is 2.30. The van der Waals surface area contributed by atoms with Crippen molar-refractivity contribution in [1.29, 1.82) is 0 Å². The van der Waals surface area contributed by atoms with E-state index in [2.05, 4.69) is 52.2 Å². The highest BCUT2D eigenvalue weighted by Crippen LogP contribution is 2.34. The van der Waals surface area contributed by atoms with E-state index < -0.39 is 18.0 Å². The molecule has 10 nitrogen and oxygen atoms in total. The van der Waals surface area contributed by atoms with Crippen molar-refractivity contribution in [2.75, 3.05) is 6.54 Å². The average molecular weight is 746 g/mol. The maximum absolute atomic E-state index is 13.5. The van der Waals surface area contributed by atoms with Crippen molar-refractivity contribution in [3.63, 3.8) is 0 Å². The molecule has 10 heteroatoms. The Kier molecular flexibility index (Phi) is 24.8. The number of benzene rings is 1. The average Bonchev–Trinajstić information content (AvgIpc) is 3.00. The number of Topliss-reactive ketones (excluding diaryl/α,β-unsaturated/α-hetero) is 3. The Bertz CT molecular complexity index is 1260. The number of carbonyl (C=O) groups excluding carboxylic acids is 6. The van der Waals surface area contributed by atoms with Crippen LogP contribution in [0.4, 0.5) is 4.79 Å². The fourth-order valence-electron chi connectivity index (χ4n) is 6.31. The smallest absolute Gasteiger partial charge is 0.312 e. The van der Waals surface area contributed by atoms with E-state index in [-0.39, 0.29) is 87.0 Å². The lowest BCUT2D eigenvalue weighted by Gasteiger charge is -2.30. The van der Waals surface area contributed by atoms with Crippen LogP contribution in [0, 0.1) is 28.6 Å². The molecule has 1 aromatic carbocycles. The molecule has 1 aromatic rings.